The maximum Gasteiger partial charge on any atom is 0.407 e. The number of methoxy groups -OCH3 is 1. The molecule has 246 valence electrons. The number of carbonyl (C=O) groups is 2. The van der Waals surface area contributed by atoms with Crippen LogP contribution in [0.3, 0.4) is 0 Å². The highest BCUT2D eigenvalue weighted by Gasteiger charge is 2.34. The largest absolute Gasteiger partial charge is 0.453 e. The molecule has 0 aliphatic carbocycles. The first-order valence-corrected chi connectivity index (χ1v) is 16.2. The third-order valence-corrected chi connectivity index (χ3v) is 9.01. The third kappa shape index (κ3) is 6.52. The molecule has 12 nitrogen and oxygen atoms in total. The molecule has 0 bridgehead atoms. The van der Waals surface area contributed by atoms with Crippen LogP contribution in [0, 0.1) is 0 Å². The second-order valence-electron chi connectivity index (χ2n) is 12.0. The average Bonchev–Trinajstić information content (AvgIpc) is 3.83. The number of alkyl carbamates (subject to hydrolysis) is 1. The van der Waals surface area contributed by atoms with E-state index in [-0.39, 0.29) is 11.9 Å². The molecule has 0 spiro atoms. The molecule has 3 N–H and O–H groups in total. The van der Waals surface area contributed by atoms with Crippen molar-refractivity contribution in [2.45, 2.75) is 31.8 Å². The quantitative estimate of drug-likeness (QED) is 0.195. The Balaban J connectivity index is 1.06. The number of hydrogen-bond donors (Lipinski definition) is 3. The van der Waals surface area contributed by atoms with Gasteiger partial charge in [0.2, 0.25) is 5.91 Å². The highest BCUT2D eigenvalue weighted by molar-refractivity contribution is 5.94. The van der Waals surface area contributed by atoms with Gasteiger partial charge < -0.3 is 34.9 Å². The summed E-state index contributed by atoms with van der Waals surface area (Å²) in [6.07, 6.45) is 4.42. The Morgan fingerprint density at radius 3 is 2.46 bits per heavy atom. The summed E-state index contributed by atoms with van der Waals surface area (Å²) < 4.78 is 10.1. The van der Waals surface area contributed by atoms with Crippen LogP contribution < -0.4 is 15.5 Å². The highest BCUT2D eigenvalue weighted by Crippen LogP contribution is 2.34. The summed E-state index contributed by atoms with van der Waals surface area (Å²) in [5, 5.41) is 6.98. The minimum Gasteiger partial charge on any atom is -0.453 e. The van der Waals surface area contributed by atoms with E-state index in [9.17, 15) is 9.59 Å². The molecule has 2 aliphatic rings. The molecule has 2 atom stereocenters. The van der Waals surface area contributed by atoms with Gasteiger partial charge in [-0.15, -0.1) is 0 Å². The third-order valence-electron chi connectivity index (χ3n) is 9.01. The fourth-order valence-electron chi connectivity index (χ4n) is 6.41. The van der Waals surface area contributed by atoms with Crippen LogP contribution >= 0.6 is 0 Å². The summed E-state index contributed by atoms with van der Waals surface area (Å²) in [6.45, 7) is 5.57. The molecule has 4 heterocycles. The minimum absolute atomic E-state index is 0.161. The van der Waals surface area contributed by atoms with Crippen LogP contribution in [0.5, 0.6) is 0 Å². The predicted molar refractivity (Wildman–Crippen MR) is 184 cm³/mol. The topological polar surface area (TPSA) is 138 Å². The van der Waals surface area contributed by atoms with Gasteiger partial charge in [-0.2, -0.15) is 0 Å². The van der Waals surface area contributed by atoms with Crippen LogP contribution in [0.25, 0.3) is 33.3 Å². The van der Waals surface area contributed by atoms with Crippen LogP contribution in [0.1, 0.15) is 31.6 Å². The van der Waals surface area contributed by atoms with Gasteiger partial charge in [0.05, 0.1) is 43.8 Å². The van der Waals surface area contributed by atoms with E-state index >= 15 is 0 Å². The Morgan fingerprint density at radius 1 is 0.938 bits per heavy atom. The summed E-state index contributed by atoms with van der Waals surface area (Å²) in [5.41, 5.74) is 6.97. The number of hydrogen-bond acceptors (Lipinski definition) is 9. The van der Waals surface area contributed by atoms with Crippen LogP contribution in [0.2, 0.25) is 0 Å². The van der Waals surface area contributed by atoms with Crippen molar-refractivity contribution < 1.29 is 19.1 Å². The zero-order valence-corrected chi connectivity index (χ0v) is 27.0. The van der Waals surface area contributed by atoms with E-state index in [0.29, 0.717) is 6.54 Å². The number of nitrogens with one attached hydrogen (secondary N) is 3. The SMILES string of the molecule is COC(=O)N[C@H](C)C(=O)N1CCC[C@H]1c1ncc(-c2ccc(-c3ccc4ncnc(Nc5ccc(N6CCOCC6)cc5)c4c3)cc2)[nH]1. The normalized spacial score (nSPS) is 16.9. The highest BCUT2D eigenvalue weighted by atomic mass is 16.5. The number of benzene rings is 3. The fraction of sp³-hybridized carbons (Fsp3) is 0.306. The second kappa shape index (κ2) is 13.7. The van der Waals surface area contributed by atoms with Gasteiger partial charge in [0.25, 0.3) is 0 Å². The number of imidazole rings is 1. The Bertz CT molecular complexity index is 1900. The van der Waals surface area contributed by atoms with Crippen LogP contribution in [-0.4, -0.2) is 82.8 Å². The Hall–Kier alpha value is -5.49. The van der Waals surface area contributed by atoms with E-state index in [2.05, 4.69) is 101 Å². The lowest BCUT2D eigenvalue weighted by molar-refractivity contribution is -0.134. The van der Waals surface area contributed by atoms with Gasteiger partial charge >= 0.3 is 6.09 Å². The van der Waals surface area contributed by atoms with Crippen molar-refractivity contribution in [1.29, 1.82) is 0 Å². The standard InChI is InChI=1S/C36H38N8O4/c1-23(40-36(46)47-2)35(45)44-15-3-4-32(44)34-37-21-31(42-34)25-7-5-24(6-8-25)26-9-14-30-29(20-26)33(39-22-38-30)41-27-10-12-28(13-11-27)43-16-18-48-19-17-43/h5-14,20-23,32H,3-4,15-19H2,1-2H3,(H,37,42)(H,40,46)(H,38,39,41)/t23-,32+/m1/s1. The van der Waals surface area contributed by atoms with E-state index in [1.54, 1.807) is 24.3 Å². The molecule has 2 aromatic heterocycles. The predicted octanol–water partition coefficient (Wildman–Crippen LogP) is 5.68. The summed E-state index contributed by atoms with van der Waals surface area (Å²) in [6, 6.07) is 22.0. The lowest BCUT2D eigenvalue weighted by Gasteiger charge is -2.28. The second-order valence-corrected chi connectivity index (χ2v) is 12.0. The van der Waals surface area contributed by atoms with Crippen molar-refractivity contribution in [3.63, 3.8) is 0 Å². The molecular weight excluding hydrogens is 608 g/mol. The molecule has 2 fully saturated rings. The number of anilines is 3. The summed E-state index contributed by atoms with van der Waals surface area (Å²) in [7, 11) is 1.28. The van der Waals surface area contributed by atoms with Crippen molar-refractivity contribution in [3.05, 3.63) is 85.1 Å². The first kappa shape index (κ1) is 31.1. The molecule has 12 heteroatoms. The van der Waals surface area contributed by atoms with Crippen molar-refractivity contribution in [2.24, 2.45) is 0 Å². The molecule has 2 aliphatic heterocycles. The first-order valence-electron chi connectivity index (χ1n) is 16.2. The number of ether oxygens (including phenoxy) is 2. The molecule has 2 amide bonds. The molecule has 5 aromatic rings. The van der Waals surface area contributed by atoms with Crippen LogP contribution in [-0.2, 0) is 14.3 Å². The number of amides is 2. The molecule has 2 saturated heterocycles. The van der Waals surface area contributed by atoms with Crippen molar-refractivity contribution in [3.8, 4) is 22.4 Å². The van der Waals surface area contributed by atoms with E-state index in [1.807, 2.05) is 6.07 Å². The van der Waals surface area contributed by atoms with Gasteiger partial charge in [-0.25, -0.2) is 19.7 Å². The number of fused-ring (bicyclic) bond motifs is 1. The van der Waals surface area contributed by atoms with Gasteiger partial charge in [0.15, 0.2) is 0 Å². The van der Waals surface area contributed by atoms with Crippen molar-refractivity contribution in [2.75, 3.05) is 50.2 Å². The molecule has 3 aromatic carbocycles. The summed E-state index contributed by atoms with van der Waals surface area (Å²) in [5.74, 6) is 1.32. The Morgan fingerprint density at radius 2 is 1.69 bits per heavy atom. The van der Waals surface area contributed by atoms with Crippen LogP contribution in [0.15, 0.2) is 79.3 Å². The van der Waals surface area contributed by atoms with Crippen LogP contribution in [0.4, 0.5) is 22.0 Å². The molecule has 0 unspecified atom stereocenters. The number of aromatic nitrogens is 4. The van der Waals surface area contributed by atoms with Crippen molar-refractivity contribution >= 4 is 40.1 Å². The lowest BCUT2D eigenvalue weighted by atomic mass is 10.0. The number of likely N-dealkylation sites (tertiary alicyclic amines) is 1. The van der Waals surface area contributed by atoms with Gasteiger partial charge in [0, 0.05) is 36.4 Å². The Labute approximate surface area is 278 Å². The average molecular weight is 647 g/mol. The van der Waals surface area contributed by atoms with Gasteiger partial charge in [0.1, 0.15) is 24.0 Å². The number of carbonyl (C=O) groups excluding carboxylic acids is 2. The fourth-order valence-corrected chi connectivity index (χ4v) is 6.41. The van der Waals surface area contributed by atoms with E-state index in [0.717, 1.165) is 89.8 Å². The monoisotopic (exact) mass is 646 g/mol. The van der Waals surface area contributed by atoms with E-state index < -0.39 is 12.1 Å². The first-order chi connectivity index (χ1) is 23.5. The molecule has 48 heavy (non-hydrogen) atoms. The van der Waals surface area contributed by atoms with Crippen molar-refractivity contribution in [1.82, 2.24) is 30.2 Å². The van der Waals surface area contributed by atoms with E-state index in [4.69, 9.17) is 4.74 Å². The number of nitrogens with zero attached hydrogens (tertiary/aromatic N) is 5. The summed E-state index contributed by atoms with van der Waals surface area (Å²) >= 11 is 0. The van der Waals surface area contributed by atoms with E-state index in [1.165, 1.54) is 12.8 Å². The zero-order chi connectivity index (χ0) is 33.0. The number of rotatable bonds is 8. The lowest BCUT2D eigenvalue weighted by Crippen LogP contribution is -2.46. The molecular formula is C36H38N8O4. The van der Waals surface area contributed by atoms with Gasteiger partial charge in [-0.3, -0.25) is 4.79 Å². The molecule has 0 radical (unpaired) electrons. The number of H-pyrrole nitrogens is 1. The smallest absolute Gasteiger partial charge is 0.407 e. The number of aromatic amines is 1. The minimum atomic E-state index is -0.694. The maximum atomic E-state index is 13.1. The Kier molecular flexibility index (Phi) is 8.89. The maximum absolute atomic E-state index is 13.1. The number of morpholine rings is 1. The zero-order valence-electron chi connectivity index (χ0n) is 27.0. The molecule has 0 saturated carbocycles. The molecule has 7 rings (SSSR count). The van der Waals surface area contributed by atoms with Gasteiger partial charge in [-0.05, 0) is 72.9 Å². The van der Waals surface area contributed by atoms with Gasteiger partial charge in [-0.1, -0.05) is 30.3 Å². The summed E-state index contributed by atoms with van der Waals surface area (Å²) in [4.78, 5) is 46.0.